The van der Waals surface area contributed by atoms with Crippen molar-refractivity contribution in [2.75, 3.05) is 5.32 Å². The fraction of sp³-hybridized carbons (Fsp3) is 0.0714. The van der Waals surface area contributed by atoms with Crippen LogP contribution in [0.3, 0.4) is 0 Å². The Morgan fingerprint density at radius 1 is 0.895 bits per heavy atom. The first-order valence-corrected chi connectivity index (χ1v) is 6.27. The van der Waals surface area contributed by atoms with E-state index in [0.29, 0.717) is 12.5 Å². The number of nitrogens with one attached hydrogen (secondary N) is 1. The molecule has 94 valence electrons. The van der Waals surface area contributed by atoms with E-state index < -0.39 is 0 Å². The summed E-state index contributed by atoms with van der Waals surface area (Å²) in [6, 6.07) is 15.3. The lowest BCUT2D eigenvalue weighted by Gasteiger charge is -2.06. The third-order valence-corrected chi connectivity index (χ3v) is 3.12. The number of halogens is 1. The first kappa shape index (κ1) is 11.9. The molecule has 1 aromatic heterocycles. The number of hydrogen-bond acceptors (Lipinski definition) is 4. The Labute approximate surface area is 115 Å². The van der Waals surface area contributed by atoms with E-state index in [-0.39, 0.29) is 0 Å². The van der Waals surface area contributed by atoms with Gasteiger partial charge in [-0.3, -0.25) is 0 Å². The Balaban J connectivity index is 1.80. The molecule has 3 rings (SSSR count). The summed E-state index contributed by atoms with van der Waals surface area (Å²) in [7, 11) is 0. The number of benzene rings is 2. The van der Waals surface area contributed by atoms with Crippen molar-refractivity contribution in [3.05, 3.63) is 59.1 Å². The van der Waals surface area contributed by atoms with Gasteiger partial charge in [-0.05, 0) is 23.8 Å². The van der Waals surface area contributed by atoms with Gasteiger partial charge < -0.3 is 5.32 Å². The van der Waals surface area contributed by atoms with Crippen LogP contribution in [0.5, 0.6) is 0 Å². The predicted molar refractivity (Wildman–Crippen MR) is 76.1 cm³/mol. The van der Waals surface area contributed by atoms with Crippen molar-refractivity contribution < 1.29 is 0 Å². The fourth-order valence-electron chi connectivity index (χ4n) is 1.77. The maximum absolute atomic E-state index is 6.09. The van der Waals surface area contributed by atoms with Crippen molar-refractivity contribution >= 4 is 28.6 Å². The second-order valence-electron chi connectivity index (χ2n) is 4.07. The molecule has 0 unspecified atom stereocenters. The van der Waals surface area contributed by atoms with Gasteiger partial charge in [0.15, 0.2) is 0 Å². The molecule has 0 radical (unpaired) electrons. The SMILES string of the molecule is Clc1ccccc1CNc1nnc2ccccc2n1. The quantitative estimate of drug-likeness (QED) is 0.793. The standard InChI is InChI=1S/C14H11ClN4/c15-11-6-2-1-5-10(11)9-16-14-17-12-7-3-4-8-13(12)18-19-14/h1-8H,9H2,(H,16,17,19). The van der Waals surface area contributed by atoms with Gasteiger partial charge in [0.2, 0.25) is 5.95 Å². The van der Waals surface area contributed by atoms with Gasteiger partial charge in [0.1, 0.15) is 5.52 Å². The van der Waals surface area contributed by atoms with E-state index in [1.165, 1.54) is 0 Å². The largest absolute Gasteiger partial charge is 0.349 e. The Bertz CT molecular complexity index is 714. The summed E-state index contributed by atoms with van der Waals surface area (Å²) in [5, 5.41) is 12.0. The molecule has 5 heteroatoms. The molecule has 0 amide bonds. The number of rotatable bonds is 3. The Morgan fingerprint density at radius 2 is 1.63 bits per heavy atom. The molecule has 0 saturated carbocycles. The van der Waals surface area contributed by atoms with Crippen LogP contribution in [-0.2, 0) is 6.54 Å². The summed E-state index contributed by atoms with van der Waals surface area (Å²) >= 11 is 6.09. The second kappa shape index (κ2) is 5.20. The Morgan fingerprint density at radius 3 is 2.47 bits per heavy atom. The first-order valence-electron chi connectivity index (χ1n) is 5.90. The number of fused-ring (bicyclic) bond motifs is 1. The summed E-state index contributed by atoms with van der Waals surface area (Å²) in [5.74, 6) is 0.499. The zero-order chi connectivity index (χ0) is 13.1. The summed E-state index contributed by atoms with van der Waals surface area (Å²) in [5.41, 5.74) is 2.60. The lowest BCUT2D eigenvalue weighted by atomic mass is 10.2. The van der Waals surface area contributed by atoms with E-state index >= 15 is 0 Å². The highest BCUT2D eigenvalue weighted by Gasteiger charge is 2.02. The van der Waals surface area contributed by atoms with Crippen LogP contribution in [0.1, 0.15) is 5.56 Å². The average molecular weight is 271 g/mol. The van der Waals surface area contributed by atoms with Gasteiger partial charge in [0.25, 0.3) is 0 Å². The Kier molecular flexibility index (Phi) is 3.25. The minimum Gasteiger partial charge on any atom is -0.349 e. The number of anilines is 1. The highest BCUT2D eigenvalue weighted by atomic mass is 35.5. The van der Waals surface area contributed by atoms with Crippen molar-refractivity contribution in [2.24, 2.45) is 0 Å². The van der Waals surface area contributed by atoms with Crippen molar-refractivity contribution in [3.8, 4) is 0 Å². The molecule has 1 N–H and O–H groups in total. The monoisotopic (exact) mass is 270 g/mol. The fourth-order valence-corrected chi connectivity index (χ4v) is 1.97. The lowest BCUT2D eigenvalue weighted by molar-refractivity contribution is 0.984. The normalized spacial score (nSPS) is 10.6. The molecule has 0 bridgehead atoms. The van der Waals surface area contributed by atoms with Gasteiger partial charge >= 0.3 is 0 Å². The molecular weight excluding hydrogens is 260 g/mol. The molecule has 0 saturated heterocycles. The number of hydrogen-bond donors (Lipinski definition) is 1. The minimum atomic E-state index is 0.499. The van der Waals surface area contributed by atoms with Gasteiger partial charge in [-0.25, -0.2) is 4.98 Å². The molecule has 0 spiro atoms. The van der Waals surface area contributed by atoms with Crippen LogP contribution in [0.15, 0.2) is 48.5 Å². The maximum atomic E-state index is 6.09. The van der Waals surface area contributed by atoms with Crippen LogP contribution in [0, 0.1) is 0 Å². The molecule has 0 fully saturated rings. The van der Waals surface area contributed by atoms with E-state index in [1.807, 2.05) is 48.5 Å². The second-order valence-corrected chi connectivity index (χ2v) is 4.48. The molecule has 1 heterocycles. The first-order chi connectivity index (χ1) is 9.33. The van der Waals surface area contributed by atoms with Crippen LogP contribution in [-0.4, -0.2) is 15.2 Å². The lowest BCUT2D eigenvalue weighted by Crippen LogP contribution is -2.05. The van der Waals surface area contributed by atoms with Crippen LogP contribution in [0.4, 0.5) is 5.95 Å². The van der Waals surface area contributed by atoms with E-state index in [1.54, 1.807) is 0 Å². The summed E-state index contributed by atoms with van der Waals surface area (Å²) < 4.78 is 0. The van der Waals surface area contributed by atoms with Crippen molar-refractivity contribution in [1.29, 1.82) is 0 Å². The van der Waals surface area contributed by atoms with E-state index in [2.05, 4.69) is 20.5 Å². The molecule has 19 heavy (non-hydrogen) atoms. The molecule has 2 aromatic carbocycles. The van der Waals surface area contributed by atoms with Gasteiger partial charge in [-0.2, -0.15) is 0 Å². The summed E-state index contributed by atoms with van der Waals surface area (Å²) in [6.07, 6.45) is 0. The van der Waals surface area contributed by atoms with Gasteiger partial charge in [-0.1, -0.05) is 41.9 Å². The predicted octanol–water partition coefficient (Wildman–Crippen LogP) is 3.29. The zero-order valence-corrected chi connectivity index (χ0v) is 10.8. The number of aromatic nitrogens is 3. The topological polar surface area (TPSA) is 50.7 Å². The molecule has 3 aromatic rings. The summed E-state index contributed by atoms with van der Waals surface area (Å²) in [6.45, 7) is 0.569. The van der Waals surface area contributed by atoms with E-state index in [4.69, 9.17) is 11.6 Å². The third kappa shape index (κ3) is 2.63. The van der Waals surface area contributed by atoms with Crippen LogP contribution in [0.2, 0.25) is 5.02 Å². The molecule has 0 aliphatic heterocycles. The molecule has 0 aliphatic carbocycles. The minimum absolute atomic E-state index is 0.499. The Hall–Kier alpha value is -2.20. The van der Waals surface area contributed by atoms with E-state index in [0.717, 1.165) is 21.6 Å². The molecular formula is C14H11ClN4. The van der Waals surface area contributed by atoms with Crippen LogP contribution in [0.25, 0.3) is 11.0 Å². The van der Waals surface area contributed by atoms with Crippen molar-refractivity contribution in [2.45, 2.75) is 6.54 Å². The number of nitrogens with zero attached hydrogens (tertiary/aromatic N) is 3. The molecule has 4 nitrogen and oxygen atoms in total. The van der Waals surface area contributed by atoms with Gasteiger partial charge in [0, 0.05) is 11.6 Å². The van der Waals surface area contributed by atoms with Crippen molar-refractivity contribution in [3.63, 3.8) is 0 Å². The molecule has 0 atom stereocenters. The maximum Gasteiger partial charge on any atom is 0.243 e. The number of para-hydroxylation sites is 1. The van der Waals surface area contributed by atoms with E-state index in [9.17, 15) is 0 Å². The van der Waals surface area contributed by atoms with Gasteiger partial charge in [-0.15, -0.1) is 10.2 Å². The summed E-state index contributed by atoms with van der Waals surface area (Å²) in [4.78, 5) is 4.39. The smallest absolute Gasteiger partial charge is 0.243 e. The highest BCUT2D eigenvalue weighted by Crippen LogP contribution is 2.16. The van der Waals surface area contributed by atoms with Gasteiger partial charge in [0.05, 0.1) is 5.52 Å². The van der Waals surface area contributed by atoms with Crippen LogP contribution < -0.4 is 5.32 Å². The van der Waals surface area contributed by atoms with Crippen LogP contribution >= 0.6 is 11.6 Å². The zero-order valence-electron chi connectivity index (χ0n) is 10.0. The molecule has 0 aliphatic rings. The third-order valence-electron chi connectivity index (χ3n) is 2.76. The highest BCUT2D eigenvalue weighted by molar-refractivity contribution is 6.31. The van der Waals surface area contributed by atoms with Crippen molar-refractivity contribution in [1.82, 2.24) is 15.2 Å². The average Bonchev–Trinajstić information content (AvgIpc) is 2.46.